The van der Waals surface area contributed by atoms with Crippen LogP contribution in [0.4, 0.5) is 4.79 Å². The summed E-state index contributed by atoms with van der Waals surface area (Å²) < 4.78 is 5.08. The summed E-state index contributed by atoms with van der Waals surface area (Å²) in [6, 6.07) is -0.0292. The van der Waals surface area contributed by atoms with Gasteiger partial charge in [-0.1, -0.05) is 20.3 Å². The van der Waals surface area contributed by atoms with E-state index in [2.05, 4.69) is 12.2 Å². The molecule has 0 saturated carbocycles. The molecule has 0 spiro atoms. The van der Waals surface area contributed by atoms with Gasteiger partial charge < -0.3 is 20.1 Å². The molecule has 0 aromatic carbocycles. The Labute approximate surface area is 107 Å². The lowest BCUT2D eigenvalue weighted by Crippen LogP contribution is -2.53. The van der Waals surface area contributed by atoms with Gasteiger partial charge in [-0.2, -0.15) is 0 Å². The van der Waals surface area contributed by atoms with Crippen LogP contribution in [0.2, 0.25) is 0 Å². The van der Waals surface area contributed by atoms with E-state index in [9.17, 15) is 9.59 Å². The topological polar surface area (TPSA) is 78.9 Å². The first kappa shape index (κ1) is 14.8. The van der Waals surface area contributed by atoms with Crippen molar-refractivity contribution in [2.75, 3.05) is 19.7 Å². The number of hydrogen-bond donors (Lipinski definition) is 2. The van der Waals surface area contributed by atoms with Crippen molar-refractivity contribution in [1.29, 1.82) is 0 Å². The fraction of sp³-hybridized carbons (Fsp3) is 0.833. The lowest BCUT2D eigenvalue weighted by molar-refractivity contribution is -0.154. The zero-order valence-electron chi connectivity index (χ0n) is 11.0. The van der Waals surface area contributed by atoms with Gasteiger partial charge >= 0.3 is 12.0 Å². The van der Waals surface area contributed by atoms with Crippen molar-refractivity contribution >= 4 is 12.0 Å². The maximum absolute atomic E-state index is 12.0. The number of amides is 2. The molecule has 1 saturated heterocycles. The fourth-order valence-corrected chi connectivity index (χ4v) is 1.98. The van der Waals surface area contributed by atoms with Crippen LogP contribution in [0.3, 0.4) is 0 Å². The number of nitrogens with zero attached hydrogens (tertiary/aromatic N) is 1. The number of rotatable bonds is 5. The van der Waals surface area contributed by atoms with Gasteiger partial charge in [0.2, 0.25) is 0 Å². The molecule has 0 aromatic rings. The predicted octanol–water partition coefficient (Wildman–Crippen LogP) is 1.06. The summed E-state index contributed by atoms with van der Waals surface area (Å²) in [5.74, 6) is -1.02. The van der Waals surface area contributed by atoms with E-state index in [1.54, 1.807) is 0 Å². The Bertz CT molecular complexity index is 296. The van der Waals surface area contributed by atoms with Gasteiger partial charge in [-0.3, -0.25) is 0 Å². The molecule has 6 nitrogen and oxygen atoms in total. The molecule has 2 N–H and O–H groups in total. The van der Waals surface area contributed by atoms with E-state index in [4.69, 9.17) is 9.84 Å². The highest BCUT2D eigenvalue weighted by molar-refractivity contribution is 5.77. The number of carboxylic acids is 1. The minimum Gasteiger partial charge on any atom is -0.479 e. The molecule has 1 aliphatic rings. The SMILES string of the molecule is CCCC(CC)NC(=O)N1CCOC(C(=O)O)C1. The van der Waals surface area contributed by atoms with Gasteiger partial charge in [-0.05, 0) is 12.8 Å². The van der Waals surface area contributed by atoms with Crippen LogP contribution in [0.1, 0.15) is 33.1 Å². The van der Waals surface area contributed by atoms with E-state index in [1.165, 1.54) is 4.90 Å². The third kappa shape index (κ3) is 4.18. The molecule has 2 amide bonds. The monoisotopic (exact) mass is 258 g/mol. The summed E-state index contributed by atoms with van der Waals surface area (Å²) in [4.78, 5) is 24.3. The Kier molecular flexibility index (Phi) is 5.91. The molecular formula is C12H22N2O4. The van der Waals surface area contributed by atoms with Gasteiger partial charge in [0, 0.05) is 12.6 Å². The Morgan fingerprint density at radius 2 is 2.22 bits per heavy atom. The first-order valence-electron chi connectivity index (χ1n) is 6.48. The number of morpholine rings is 1. The summed E-state index contributed by atoms with van der Waals surface area (Å²) in [5.41, 5.74) is 0. The number of carboxylic acid groups (broad SMARTS) is 1. The molecule has 18 heavy (non-hydrogen) atoms. The van der Waals surface area contributed by atoms with Gasteiger partial charge in [-0.15, -0.1) is 0 Å². The summed E-state index contributed by atoms with van der Waals surface area (Å²) in [7, 11) is 0. The van der Waals surface area contributed by atoms with E-state index in [0.29, 0.717) is 6.54 Å². The van der Waals surface area contributed by atoms with E-state index in [1.807, 2.05) is 6.92 Å². The number of ether oxygens (including phenoxy) is 1. The summed E-state index contributed by atoms with van der Waals surface area (Å²) >= 11 is 0. The second kappa shape index (κ2) is 7.20. The van der Waals surface area contributed by atoms with Gasteiger partial charge in [-0.25, -0.2) is 9.59 Å². The molecule has 2 atom stereocenters. The van der Waals surface area contributed by atoms with Gasteiger partial charge in [0.25, 0.3) is 0 Å². The summed E-state index contributed by atoms with van der Waals surface area (Å²) in [6.07, 6.45) is 1.93. The van der Waals surface area contributed by atoms with Gasteiger partial charge in [0.15, 0.2) is 6.10 Å². The minimum atomic E-state index is -1.02. The third-order valence-electron chi connectivity index (χ3n) is 3.09. The van der Waals surface area contributed by atoms with E-state index < -0.39 is 12.1 Å². The van der Waals surface area contributed by atoms with Crippen molar-refractivity contribution in [3.63, 3.8) is 0 Å². The number of carbonyl (C=O) groups is 2. The first-order chi connectivity index (χ1) is 8.58. The molecule has 0 aromatic heterocycles. The Balaban J connectivity index is 2.47. The maximum atomic E-state index is 12.0. The van der Waals surface area contributed by atoms with Crippen LogP contribution in [0, 0.1) is 0 Å². The second-order valence-electron chi connectivity index (χ2n) is 4.49. The van der Waals surface area contributed by atoms with Crippen LogP contribution in [0.15, 0.2) is 0 Å². The smallest absolute Gasteiger partial charge is 0.334 e. The van der Waals surface area contributed by atoms with Crippen LogP contribution in [0.5, 0.6) is 0 Å². The normalized spacial score (nSPS) is 21.4. The maximum Gasteiger partial charge on any atom is 0.334 e. The molecule has 1 fully saturated rings. The summed E-state index contributed by atoms with van der Waals surface area (Å²) in [5, 5.41) is 11.8. The van der Waals surface area contributed by atoms with Crippen LogP contribution in [-0.4, -0.2) is 53.8 Å². The van der Waals surface area contributed by atoms with Crippen molar-refractivity contribution in [1.82, 2.24) is 10.2 Å². The minimum absolute atomic E-state index is 0.115. The molecule has 0 bridgehead atoms. The molecule has 1 heterocycles. The van der Waals surface area contributed by atoms with E-state index in [-0.39, 0.29) is 25.2 Å². The fourth-order valence-electron chi connectivity index (χ4n) is 1.98. The Morgan fingerprint density at radius 3 is 2.78 bits per heavy atom. The second-order valence-corrected chi connectivity index (χ2v) is 4.49. The lowest BCUT2D eigenvalue weighted by atomic mass is 10.1. The number of carbonyl (C=O) groups excluding carboxylic acids is 1. The molecule has 0 aliphatic carbocycles. The van der Waals surface area contributed by atoms with E-state index >= 15 is 0 Å². The number of aliphatic carboxylic acids is 1. The highest BCUT2D eigenvalue weighted by Crippen LogP contribution is 2.07. The molecular weight excluding hydrogens is 236 g/mol. The number of nitrogens with one attached hydrogen (secondary N) is 1. The molecule has 1 aliphatic heterocycles. The Hall–Kier alpha value is -1.30. The zero-order chi connectivity index (χ0) is 13.5. The molecule has 0 radical (unpaired) electrons. The predicted molar refractivity (Wildman–Crippen MR) is 66.5 cm³/mol. The molecule has 6 heteroatoms. The van der Waals surface area contributed by atoms with Crippen LogP contribution in [-0.2, 0) is 9.53 Å². The van der Waals surface area contributed by atoms with E-state index in [0.717, 1.165) is 19.3 Å². The van der Waals surface area contributed by atoms with Crippen LogP contribution < -0.4 is 5.32 Å². The lowest BCUT2D eigenvalue weighted by Gasteiger charge is -2.32. The zero-order valence-corrected chi connectivity index (χ0v) is 11.0. The number of urea groups is 1. The average Bonchev–Trinajstić information content (AvgIpc) is 2.38. The van der Waals surface area contributed by atoms with Crippen molar-refractivity contribution in [2.45, 2.75) is 45.3 Å². The van der Waals surface area contributed by atoms with Gasteiger partial charge in [0.05, 0.1) is 13.2 Å². The largest absolute Gasteiger partial charge is 0.479 e. The van der Waals surface area contributed by atoms with Crippen molar-refractivity contribution < 1.29 is 19.4 Å². The van der Waals surface area contributed by atoms with Crippen molar-refractivity contribution in [3.8, 4) is 0 Å². The highest BCUT2D eigenvalue weighted by atomic mass is 16.5. The number of hydrogen-bond acceptors (Lipinski definition) is 3. The average molecular weight is 258 g/mol. The third-order valence-corrected chi connectivity index (χ3v) is 3.09. The molecule has 1 rings (SSSR count). The summed E-state index contributed by atoms with van der Waals surface area (Å²) in [6.45, 7) is 4.93. The van der Waals surface area contributed by atoms with Crippen LogP contribution >= 0.6 is 0 Å². The quantitative estimate of drug-likeness (QED) is 0.773. The van der Waals surface area contributed by atoms with Gasteiger partial charge in [0.1, 0.15) is 0 Å². The molecule has 2 unspecified atom stereocenters. The molecule has 104 valence electrons. The van der Waals surface area contributed by atoms with Crippen molar-refractivity contribution in [3.05, 3.63) is 0 Å². The first-order valence-corrected chi connectivity index (χ1v) is 6.48. The Morgan fingerprint density at radius 1 is 1.50 bits per heavy atom. The highest BCUT2D eigenvalue weighted by Gasteiger charge is 2.29. The standard InChI is InChI=1S/C12H22N2O4/c1-3-5-9(4-2)13-12(17)14-6-7-18-10(8-14)11(15)16/h9-10H,3-8H2,1-2H3,(H,13,17)(H,15,16). The van der Waals surface area contributed by atoms with Crippen molar-refractivity contribution in [2.24, 2.45) is 0 Å². The van der Waals surface area contributed by atoms with Crippen LogP contribution in [0.25, 0.3) is 0 Å².